The maximum atomic E-state index is 10.7. The molecule has 2 N–H and O–H groups in total. The first-order valence-electron chi connectivity index (χ1n) is 3.17. The summed E-state index contributed by atoms with van der Waals surface area (Å²) in [4.78, 5) is 16.7. The molecule has 0 saturated heterocycles. The first-order chi connectivity index (χ1) is 5.27. The minimum Gasteiger partial charge on any atom is -0.288 e. The van der Waals surface area contributed by atoms with Crippen LogP contribution in [0.2, 0.25) is 0 Å². The van der Waals surface area contributed by atoms with Crippen molar-refractivity contribution in [2.45, 2.75) is 6.92 Å². The first-order valence-corrected chi connectivity index (χ1v) is 3.17. The van der Waals surface area contributed by atoms with E-state index in [-0.39, 0.29) is 5.69 Å². The van der Waals surface area contributed by atoms with Gasteiger partial charge in [-0.1, -0.05) is 0 Å². The van der Waals surface area contributed by atoms with Gasteiger partial charge in [-0.25, -0.2) is 9.78 Å². The van der Waals surface area contributed by atoms with Gasteiger partial charge in [-0.05, 0) is 6.92 Å². The number of aryl methyl sites for hydroxylation is 1. The van der Waals surface area contributed by atoms with Crippen LogP contribution < -0.4 is 5.69 Å². The highest BCUT2D eigenvalue weighted by Crippen LogP contribution is 2.07. The summed E-state index contributed by atoms with van der Waals surface area (Å²) >= 11 is 0. The Bertz CT molecular complexity index is 441. The first kappa shape index (κ1) is 6.09. The molecule has 0 aliphatic rings. The van der Waals surface area contributed by atoms with Gasteiger partial charge >= 0.3 is 5.69 Å². The lowest BCUT2D eigenvalue weighted by atomic mass is 10.3. The summed E-state index contributed by atoms with van der Waals surface area (Å²) in [5.74, 6) is 0. The Morgan fingerprint density at radius 3 is 3.18 bits per heavy atom. The molecule has 0 fully saturated rings. The predicted octanol–water partition coefficient (Wildman–Crippen LogP) is -0.0454. The van der Waals surface area contributed by atoms with Crippen LogP contribution in [0.15, 0.2) is 11.0 Å². The highest BCUT2D eigenvalue weighted by molar-refractivity contribution is 5.75. The smallest absolute Gasteiger partial charge is 0.288 e. The zero-order valence-electron chi connectivity index (χ0n) is 5.88. The van der Waals surface area contributed by atoms with E-state index in [0.717, 1.165) is 11.1 Å². The number of nitrogens with zero attached hydrogens (tertiary/aromatic N) is 2. The Labute approximate surface area is 61.5 Å². The van der Waals surface area contributed by atoms with Gasteiger partial charge in [-0.3, -0.25) is 10.1 Å². The summed E-state index contributed by atoms with van der Waals surface area (Å²) in [6.45, 7) is 1.87. The molecule has 0 aromatic carbocycles. The minimum absolute atomic E-state index is 0.371. The molecule has 0 atom stereocenters. The summed E-state index contributed by atoms with van der Waals surface area (Å²) < 4.78 is 0. The van der Waals surface area contributed by atoms with Gasteiger partial charge in [0.2, 0.25) is 0 Å². The molecule has 0 saturated carbocycles. The number of H-pyrrole nitrogens is 2. The van der Waals surface area contributed by atoms with Crippen LogP contribution in [-0.4, -0.2) is 20.2 Å². The maximum absolute atomic E-state index is 10.7. The Morgan fingerprint density at radius 1 is 1.55 bits per heavy atom. The molecule has 0 aliphatic carbocycles. The quantitative estimate of drug-likeness (QED) is 0.553. The molecule has 56 valence electrons. The molecule has 5 heteroatoms. The van der Waals surface area contributed by atoms with Crippen molar-refractivity contribution in [2.24, 2.45) is 0 Å². The summed E-state index contributed by atoms with van der Waals surface area (Å²) in [6.07, 6.45) is 1.51. The average Bonchev–Trinajstić information content (AvgIpc) is 2.32. The zero-order valence-corrected chi connectivity index (χ0v) is 5.88. The number of fused-ring (bicyclic) bond motifs is 1. The molecule has 0 bridgehead atoms. The third-order valence-corrected chi connectivity index (χ3v) is 1.53. The van der Waals surface area contributed by atoms with Crippen molar-refractivity contribution in [1.29, 1.82) is 0 Å². The second kappa shape index (κ2) is 1.91. The van der Waals surface area contributed by atoms with Crippen LogP contribution in [0.3, 0.4) is 0 Å². The maximum Gasteiger partial charge on any atom is 0.346 e. The topological polar surface area (TPSA) is 74.4 Å². The molecule has 0 radical (unpaired) electrons. The van der Waals surface area contributed by atoms with Gasteiger partial charge in [0.05, 0.1) is 5.39 Å². The molecule has 0 spiro atoms. The van der Waals surface area contributed by atoms with Crippen LogP contribution in [-0.2, 0) is 0 Å². The Kier molecular flexibility index (Phi) is 1.06. The standard InChI is InChI=1S/C6H6N4O/c1-3-4-2-7-6(11)8-5(4)10-9-3/h2H,1H3,(H2,7,8,9,10,11). The van der Waals surface area contributed by atoms with Gasteiger partial charge < -0.3 is 0 Å². The van der Waals surface area contributed by atoms with E-state index >= 15 is 0 Å². The van der Waals surface area contributed by atoms with E-state index in [1.54, 1.807) is 0 Å². The number of nitrogens with one attached hydrogen (secondary N) is 2. The van der Waals surface area contributed by atoms with Gasteiger partial charge in [-0.2, -0.15) is 5.10 Å². The molecule has 0 aliphatic heterocycles. The number of hydrogen-bond acceptors (Lipinski definition) is 3. The molecule has 2 aromatic rings. The van der Waals surface area contributed by atoms with Gasteiger partial charge in [0, 0.05) is 11.9 Å². The number of rotatable bonds is 0. The van der Waals surface area contributed by atoms with Crippen molar-refractivity contribution < 1.29 is 0 Å². The third kappa shape index (κ3) is 0.813. The second-order valence-corrected chi connectivity index (χ2v) is 2.30. The minimum atomic E-state index is -0.371. The van der Waals surface area contributed by atoms with Gasteiger partial charge in [0.15, 0.2) is 5.65 Å². The van der Waals surface area contributed by atoms with E-state index in [9.17, 15) is 4.79 Å². The lowest BCUT2D eigenvalue weighted by Gasteiger charge is -1.84. The molecule has 2 aromatic heterocycles. The van der Waals surface area contributed by atoms with E-state index in [4.69, 9.17) is 0 Å². The van der Waals surface area contributed by atoms with Crippen LogP contribution in [0, 0.1) is 6.92 Å². The molecular weight excluding hydrogens is 144 g/mol. The van der Waals surface area contributed by atoms with Gasteiger partial charge in [-0.15, -0.1) is 0 Å². The summed E-state index contributed by atoms with van der Waals surface area (Å²) in [5.41, 5.74) is 1.09. The molecule has 11 heavy (non-hydrogen) atoms. The van der Waals surface area contributed by atoms with Crippen molar-refractivity contribution in [3.63, 3.8) is 0 Å². The van der Waals surface area contributed by atoms with E-state index in [1.165, 1.54) is 6.20 Å². The molecule has 0 amide bonds. The summed E-state index contributed by atoms with van der Waals surface area (Å²) in [5, 5.41) is 7.45. The molecule has 2 heterocycles. The monoisotopic (exact) mass is 150 g/mol. The third-order valence-electron chi connectivity index (χ3n) is 1.53. The molecule has 0 unspecified atom stereocenters. The van der Waals surface area contributed by atoms with E-state index < -0.39 is 0 Å². The van der Waals surface area contributed by atoms with E-state index in [0.29, 0.717) is 5.65 Å². The predicted molar refractivity (Wildman–Crippen MR) is 39.2 cm³/mol. The Hall–Kier alpha value is -1.65. The molecule has 5 nitrogen and oxygen atoms in total. The average molecular weight is 150 g/mol. The van der Waals surface area contributed by atoms with E-state index in [2.05, 4.69) is 20.2 Å². The second-order valence-electron chi connectivity index (χ2n) is 2.30. The van der Waals surface area contributed by atoms with Crippen molar-refractivity contribution in [2.75, 3.05) is 0 Å². The van der Waals surface area contributed by atoms with Crippen LogP contribution in [0.4, 0.5) is 0 Å². The van der Waals surface area contributed by atoms with Crippen molar-refractivity contribution in [3.05, 3.63) is 22.4 Å². The lowest BCUT2D eigenvalue weighted by Crippen LogP contribution is -2.08. The van der Waals surface area contributed by atoms with Gasteiger partial charge in [0.25, 0.3) is 0 Å². The number of aromatic amines is 2. The normalized spacial score (nSPS) is 10.6. The summed E-state index contributed by atoms with van der Waals surface area (Å²) in [6, 6.07) is 0. The van der Waals surface area contributed by atoms with Gasteiger partial charge in [0.1, 0.15) is 0 Å². The number of aromatic nitrogens is 4. The Morgan fingerprint density at radius 2 is 2.36 bits per heavy atom. The van der Waals surface area contributed by atoms with Crippen LogP contribution in [0.5, 0.6) is 0 Å². The Balaban J connectivity index is 2.96. The van der Waals surface area contributed by atoms with Crippen LogP contribution in [0.1, 0.15) is 5.69 Å². The van der Waals surface area contributed by atoms with Crippen molar-refractivity contribution in [3.8, 4) is 0 Å². The fourth-order valence-corrected chi connectivity index (χ4v) is 0.948. The fraction of sp³-hybridized carbons (Fsp3) is 0.167. The van der Waals surface area contributed by atoms with Crippen LogP contribution in [0.25, 0.3) is 11.0 Å². The molecular formula is C6H6N4O. The largest absolute Gasteiger partial charge is 0.346 e. The SMILES string of the molecule is Cc1[nH]nc2[nH]c(=O)ncc12. The lowest BCUT2D eigenvalue weighted by molar-refractivity contribution is 1.04. The molecule has 2 rings (SSSR count). The van der Waals surface area contributed by atoms with Crippen LogP contribution >= 0.6 is 0 Å². The number of hydrogen-bond donors (Lipinski definition) is 2. The summed E-state index contributed by atoms with van der Waals surface area (Å²) in [7, 11) is 0. The zero-order chi connectivity index (χ0) is 7.84. The van der Waals surface area contributed by atoms with Crippen molar-refractivity contribution in [1.82, 2.24) is 20.2 Å². The highest BCUT2D eigenvalue weighted by atomic mass is 16.1. The van der Waals surface area contributed by atoms with E-state index in [1.807, 2.05) is 6.92 Å². The highest BCUT2D eigenvalue weighted by Gasteiger charge is 2.00. The van der Waals surface area contributed by atoms with Crippen molar-refractivity contribution >= 4 is 11.0 Å². The fourth-order valence-electron chi connectivity index (χ4n) is 0.948.